The van der Waals surface area contributed by atoms with Gasteiger partial charge in [0.15, 0.2) is 11.5 Å². The largest absolute Gasteiger partial charge is 0.504 e. The van der Waals surface area contributed by atoms with Crippen molar-refractivity contribution < 1.29 is 25.2 Å². The third-order valence-electron chi connectivity index (χ3n) is 2.60. The van der Waals surface area contributed by atoms with E-state index >= 15 is 0 Å². The third kappa shape index (κ3) is 1.52. The van der Waals surface area contributed by atoms with Crippen molar-refractivity contribution in [2.45, 2.75) is 6.92 Å². The molecule has 0 aliphatic rings. The Balaban J connectivity index is 3.04. The number of benzene rings is 2. The van der Waals surface area contributed by atoms with Crippen molar-refractivity contribution in [1.82, 2.24) is 0 Å². The number of carboxylic acids is 1. The average molecular weight is 234 g/mol. The van der Waals surface area contributed by atoms with E-state index in [2.05, 4.69) is 0 Å². The van der Waals surface area contributed by atoms with Crippen LogP contribution in [0.3, 0.4) is 0 Å². The van der Waals surface area contributed by atoms with Crippen molar-refractivity contribution in [2.75, 3.05) is 0 Å². The minimum Gasteiger partial charge on any atom is -0.504 e. The number of hydrogen-bond donors (Lipinski definition) is 4. The van der Waals surface area contributed by atoms with Gasteiger partial charge in [0.2, 0.25) is 5.75 Å². The summed E-state index contributed by atoms with van der Waals surface area (Å²) < 4.78 is 0. The molecule has 4 N–H and O–H groups in total. The summed E-state index contributed by atoms with van der Waals surface area (Å²) >= 11 is 0. The van der Waals surface area contributed by atoms with Crippen molar-refractivity contribution in [3.63, 3.8) is 0 Å². The lowest BCUT2D eigenvalue weighted by atomic mass is 10.00. The van der Waals surface area contributed by atoms with E-state index in [0.717, 1.165) is 5.56 Å². The van der Waals surface area contributed by atoms with Gasteiger partial charge in [-0.3, -0.25) is 0 Å². The molecule has 2 aromatic rings. The van der Waals surface area contributed by atoms with E-state index in [4.69, 9.17) is 5.11 Å². The van der Waals surface area contributed by atoms with E-state index in [1.54, 1.807) is 13.0 Å². The number of rotatable bonds is 1. The molecule has 88 valence electrons. The van der Waals surface area contributed by atoms with E-state index in [1.807, 2.05) is 0 Å². The lowest BCUT2D eigenvalue weighted by Crippen LogP contribution is -1.99. The zero-order valence-corrected chi connectivity index (χ0v) is 8.93. The second-order valence-electron chi connectivity index (χ2n) is 3.78. The normalized spacial score (nSPS) is 10.6. The van der Waals surface area contributed by atoms with Gasteiger partial charge < -0.3 is 20.4 Å². The van der Waals surface area contributed by atoms with Gasteiger partial charge in [-0.15, -0.1) is 0 Å². The average Bonchev–Trinajstić information content (AvgIpc) is 2.27. The number of aryl methyl sites for hydroxylation is 1. The lowest BCUT2D eigenvalue weighted by Gasteiger charge is -2.10. The Morgan fingerprint density at radius 2 is 1.65 bits per heavy atom. The Hall–Kier alpha value is -2.43. The molecule has 0 aliphatic carbocycles. The number of aromatic hydroxyl groups is 3. The van der Waals surface area contributed by atoms with Crippen molar-refractivity contribution in [2.24, 2.45) is 0 Å². The molecule has 0 saturated heterocycles. The van der Waals surface area contributed by atoms with E-state index in [0.29, 0.717) is 0 Å². The van der Waals surface area contributed by atoms with E-state index < -0.39 is 28.8 Å². The minimum absolute atomic E-state index is 0.177. The highest BCUT2D eigenvalue weighted by Gasteiger charge is 2.22. The summed E-state index contributed by atoms with van der Waals surface area (Å²) in [5.41, 5.74) is 0.379. The quantitative estimate of drug-likeness (QED) is 0.565. The molecule has 5 heteroatoms. The fourth-order valence-electron chi connectivity index (χ4n) is 1.77. The summed E-state index contributed by atoms with van der Waals surface area (Å²) in [6.45, 7) is 1.77. The van der Waals surface area contributed by atoms with Crippen molar-refractivity contribution in [3.05, 3.63) is 29.3 Å². The molecule has 0 aromatic heterocycles. The summed E-state index contributed by atoms with van der Waals surface area (Å²) in [5.74, 6) is -3.54. The Morgan fingerprint density at radius 3 is 2.24 bits per heavy atom. The highest BCUT2D eigenvalue weighted by atomic mass is 16.4. The fourth-order valence-corrected chi connectivity index (χ4v) is 1.77. The van der Waals surface area contributed by atoms with Gasteiger partial charge >= 0.3 is 5.97 Å². The molecular weight excluding hydrogens is 224 g/mol. The van der Waals surface area contributed by atoms with E-state index in [-0.39, 0.29) is 10.8 Å². The lowest BCUT2D eigenvalue weighted by molar-refractivity contribution is 0.0695. The Morgan fingerprint density at radius 1 is 1.00 bits per heavy atom. The van der Waals surface area contributed by atoms with Crippen LogP contribution in [0.25, 0.3) is 10.8 Å². The van der Waals surface area contributed by atoms with Crippen LogP contribution in [-0.4, -0.2) is 26.4 Å². The summed E-state index contributed by atoms with van der Waals surface area (Å²) in [6, 6.07) is 4.67. The van der Waals surface area contributed by atoms with Crippen LogP contribution >= 0.6 is 0 Å². The summed E-state index contributed by atoms with van der Waals surface area (Å²) in [6.07, 6.45) is 0. The highest BCUT2D eigenvalue weighted by Crippen LogP contribution is 2.44. The molecular formula is C12H10O5. The summed E-state index contributed by atoms with van der Waals surface area (Å²) in [4.78, 5) is 11.0. The van der Waals surface area contributed by atoms with Crippen LogP contribution < -0.4 is 0 Å². The molecule has 0 fully saturated rings. The Kier molecular flexibility index (Phi) is 2.31. The van der Waals surface area contributed by atoms with E-state index in [1.165, 1.54) is 12.1 Å². The smallest absolute Gasteiger partial charge is 0.340 e. The van der Waals surface area contributed by atoms with Gasteiger partial charge in [0.1, 0.15) is 5.56 Å². The number of phenols is 3. The van der Waals surface area contributed by atoms with Crippen molar-refractivity contribution >= 4 is 16.7 Å². The molecule has 0 radical (unpaired) electrons. The third-order valence-corrected chi connectivity index (χ3v) is 2.60. The van der Waals surface area contributed by atoms with Crippen LogP contribution in [0.15, 0.2) is 18.2 Å². The first-order valence-corrected chi connectivity index (χ1v) is 4.84. The highest BCUT2D eigenvalue weighted by molar-refractivity contribution is 6.09. The number of fused-ring (bicyclic) bond motifs is 1. The van der Waals surface area contributed by atoms with Crippen molar-refractivity contribution in [3.8, 4) is 17.2 Å². The van der Waals surface area contributed by atoms with Crippen LogP contribution in [-0.2, 0) is 0 Å². The number of phenolic OH excluding ortho intramolecular Hbond substituents is 2. The van der Waals surface area contributed by atoms with Crippen LogP contribution in [0.2, 0.25) is 0 Å². The maximum Gasteiger partial charge on any atom is 0.340 e. The van der Waals surface area contributed by atoms with Gasteiger partial charge in [-0.25, -0.2) is 4.79 Å². The molecule has 5 nitrogen and oxygen atoms in total. The SMILES string of the molecule is Cc1ccc2c(C(=O)O)c(O)c(O)c(O)c2c1. The Bertz CT molecular complexity index is 631. The van der Waals surface area contributed by atoms with Gasteiger partial charge in [0.25, 0.3) is 0 Å². The number of carbonyl (C=O) groups is 1. The van der Waals surface area contributed by atoms with Gasteiger partial charge in [-0.05, 0) is 13.0 Å². The molecule has 0 aliphatic heterocycles. The van der Waals surface area contributed by atoms with E-state index in [9.17, 15) is 20.1 Å². The van der Waals surface area contributed by atoms with Crippen LogP contribution in [0.1, 0.15) is 15.9 Å². The molecule has 0 spiro atoms. The molecule has 0 unspecified atom stereocenters. The van der Waals surface area contributed by atoms with Crippen LogP contribution in [0.4, 0.5) is 0 Å². The first-order chi connectivity index (χ1) is 7.93. The molecule has 0 atom stereocenters. The molecule has 0 amide bonds. The van der Waals surface area contributed by atoms with Gasteiger partial charge in [0.05, 0.1) is 0 Å². The fraction of sp³-hybridized carbons (Fsp3) is 0.0833. The van der Waals surface area contributed by atoms with Crippen LogP contribution in [0, 0.1) is 6.92 Å². The molecule has 2 rings (SSSR count). The summed E-state index contributed by atoms with van der Waals surface area (Å²) in [5, 5.41) is 38.0. The maximum atomic E-state index is 11.0. The predicted molar refractivity (Wildman–Crippen MR) is 60.6 cm³/mol. The number of hydrogen-bond acceptors (Lipinski definition) is 4. The Labute approximate surface area is 96.2 Å². The minimum atomic E-state index is -1.37. The zero-order chi connectivity index (χ0) is 12.7. The number of aromatic carboxylic acids is 1. The second kappa shape index (κ2) is 3.55. The standard InChI is InChI=1S/C12H10O5/c1-5-2-3-6-7(4-5)9(13)11(15)10(14)8(6)12(16)17/h2-4,13-15H,1H3,(H,16,17). The second-order valence-corrected chi connectivity index (χ2v) is 3.78. The van der Waals surface area contributed by atoms with Crippen molar-refractivity contribution in [1.29, 1.82) is 0 Å². The summed E-state index contributed by atoms with van der Waals surface area (Å²) in [7, 11) is 0. The van der Waals surface area contributed by atoms with Gasteiger partial charge in [0, 0.05) is 10.8 Å². The molecule has 2 aromatic carbocycles. The van der Waals surface area contributed by atoms with Gasteiger partial charge in [-0.1, -0.05) is 17.7 Å². The first kappa shape index (κ1) is 11.1. The molecule has 0 heterocycles. The predicted octanol–water partition coefficient (Wildman–Crippen LogP) is 1.96. The first-order valence-electron chi connectivity index (χ1n) is 4.84. The number of carboxylic acid groups (broad SMARTS) is 1. The molecule has 17 heavy (non-hydrogen) atoms. The van der Waals surface area contributed by atoms with Gasteiger partial charge in [-0.2, -0.15) is 0 Å². The zero-order valence-electron chi connectivity index (χ0n) is 8.93. The monoisotopic (exact) mass is 234 g/mol. The molecule has 0 saturated carbocycles. The maximum absolute atomic E-state index is 11.0. The van der Waals surface area contributed by atoms with Crippen LogP contribution in [0.5, 0.6) is 17.2 Å². The topological polar surface area (TPSA) is 98.0 Å². The molecule has 0 bridgehead atoms.